The Labute approximate surface area is 57.8 Å². The van der Waals surface area contributed by atoms with Crippen LogP contribution in [-0.2, 0) is 0 Å². The first-order chi connectivity index (χ1) is 4.72. The Morgan fingerprint density at radius 1 is 1.10 bits per heavy atom. The van der Waals surface area contributed by atoms with Crippen molar-refractivity contribution in [1.82, 2.24) is 0 Å². The number of hydrogen-bond acceptors (Lipinski definition) is 0. The summed E-state index contributed by atoms with van der Waals surface area (Å²) >= 11 is 0. The van der Waals surface area contributed by atoms with Gasteiger partial charge in [-0.1, -0.05) is 12.7 Å². The van der Waals surface area contributed by atoms with Crippen molar-refractivity contribution in [2.24, 2.45) is 0 Å². The normalized spacial score (nSPS) is 9.40. The molecule has 0 spiro atoms. The van der Waals surface area contributed by atoms with Crippen LogP contribution in [0.15, 0.2) is 24.8 Å². The van der Waals surface area contributed by atoms with Crippen molar-refractivity contribution in [1.29, 1.82) is 0 Å². The van der Waals surface area contributed by atoms with Gasteiger partial charge in [0.2, 0.25) is 0 Å². The molecule has 0 bridgehead atoms. The van der Waals surface area contributed by atoms with Gasteiger partial charge in [-0.3, -0.25) is 0 Å². The second-order valence-electron chi connectivity index (χ2n) is 1.91. The SMILES string of the molecule is C=Cc1cc(F)cc(F)c1. The van der Waals surface area contributed by atoms with E-state index in [1.807, 2.05) is 0 Å². The zero-order chi connectivity index (χ0) is 7.56. The predicted octanol–water partition coefficient (Wildman–Crippen LogP) is 2.61. The van der Waals surface area contributed by atoms with Crippen LogP contribution in [0.4, 0.5) is 8.78 Å². The van der Waals surface area contributed by atoms with E-state index in [1.165, 1.54) is 18.2 Å². The summed E-state index contributed by atoms with van der Waals surface area (Å²) in [6.45, 7) is 3.38. The fraction of sp³-hybridized carbons (Fsp3) is 0. The average Bonchev–Trinajstić information content (AvgIpc) is 1.85. The molecule has 0 aliphatic carbocycles. The van der Waals surface area contributed by atoms with Gasteiger partial charge in [-0.25, -0.2) is 8.78 Å². The van der Waals surface area contributed by atoms with Crippen LogP contribution in [0.1, 0.15) is 5.56 Å². The van der Waals surface area contributed by atoms with Gasteiger partial charge in [0.15, 0.2) is 0 Å². The molecule has 0 aromatic heterocycles. The van der Waals surface area contributed by atoms with E-state index in [4.69, 9.17) is 0 Å². The van der Waals surface area contributed by atoms with Crippen molar-refractivity contribution < 1.29 is 8.78 Å². The van der Waals surface area contributed by atoms with E-state index in [2.05, 4.69) is 6.58 Å². The van der Waals surface area contributed by atoms with Crippen LogP contribution in [0.3, 0.4) is 0 Å². The van der Waals surface area contributed by atoms with Gasteiger partial charge in [0.25, 0.3) is 0 Å². The fourth-order valence-electron chi connectivity index (χ4n) is 0.693. The molecule has 0 nitrogen and oxygen atoms in total. The predicted molar refractivity (Wildman–Crippen MR) is 36.4 cm³/mol. The molecule has 0 heterocycles. The lowest BCUT2D eigenvalue weighted by molar-refractivity contribution is 0.583. The summed E-state index contributed by atoms with van der Waals surface area (Å²) in [7, 11) is 0. The van der Waals surface area contributed by atoms with Gasteiger partial charge < -0.3 is 0 Å². The van der Waals surface area contributed by atoms with Gasteiger partial charge in [0.1, 0.15) is 11.6 Å². The Bertz CT molecular complexity index is 233. The highest BCUT2D eigenvalue weighted by Crippen LogP contribution is 2.07. The van der Waals surface area contributed by atoms with E-state index in [9.17, 15) is 8.78 Å². The number of benzene rings is 1. The summed E-state index contributed by atoms with van der Waals surface area (Å²) in [6, 6.07) is 3.26. The molecule has 0 saturated carbocycles. The summed E-state index contributed by atoms with van der Waals surface area (Å²) in [4.78, 5) is 0. The average molecular weight is 140 g/mol. The van der Waals surface area contributed by atoms with Crippen molar-refractivity contribution in [3.05, 3.63) is 42.0 Å². The zero-order valence-electron chi connectivity index (χ0n) is 5.27. The molecule has 1 rings (SSSR count). The second kappa shape index (κ2) is 2.60. The Balaban J connectivity index is 3.18. The van der Waals surface area contributed by atoms with E-state index >= 15 is 0 Å². The summed E-state index contributed by atoms with van der Waals surface area (Å²) in [5.74, 6) is -1.15. The largest absolute Gasteiger partial charge is 0.207 e. The minimum absolute atomic E-state index is 0.456. The Kier molecular flexibility index (Phi) is 1.81. The maximum absolute atomic E-state index is 12.3. The van der Waals surface area contributed by atoms with E-state index in [1.54, 1.807) is 0 Å². The number of rotatable bonds is 1. The monoisotopic (exact) mass is 140 g/mol. The molecule has 0 aliphatic heterocycles. The molecule has 0 amide bonds. The number of halogens is 2. The first kappa shape index (κ1) is 6.93. The van der Waals surface area contributed by atoms with Crippen molar-refractivity contribution in [2.45, 2.75) is 0 Å². The van der Waals surface area contributed by atoms with Crippen molar-refractivity contribution >= 4 is 6.08 Å². The molecule has 2 heteroatoms. The topological polar surface area (TPSA) is 0 Å². The summed E-state index contributed by atoms with van der Waals surface area (Å²) in [5.41, 5.74) is 0.456. The third-order valence-electron chi connectivity index (χ3n) is 1.12. The van der Waals surface area contributed by atoms with Crippen LogP contribution >= 0.6 is 0 Å². The van der Waals surface area contributed by atoms with Gasteiger partial charge in [0.05, 0.1) is 0 Å². The molecular weight excluding hydrogens is 134 g/mol. The molecule has 1 aromatic carbocycles. The van der Waals surface area contributed by atoms with Crippen molar-refractivity contribution in [3.63, 3.8) is 0 Å². The van der Waals surface area contributed by atoms with Crippen LogP contribution in [0, 0.1) is 11.6 Å². The fourth-order valence-corrected chi connectivity index (χ4v) is 0.693. The summed E-state index contributed by atoms with van der Waals surface area (Å²) in [6.07, 6.45) is 1.40. The third kappa shape index (κ3) is 1.41. The highest BCUT2D eigenvalue weighted by molar-refractivity contribution is 5.46. The van der Waals surface area contributed by atoms with E-state index < -0.39 is 11.6 Å². The maximum Gasteiger partial charge on any atom is 0.126 e. The first-order valence-electron chi connectivity index (χ1n) is 2.81. The molecule has 0 N–H and O–H groups in total. The Hall–Kier alpha value is -1.18. The second-order valence-corrected chi connectivity index (χ2v) is 1.91. The number of hydrogen-bond donors (Lipinski definition) is 0. The minimum Gasteiger partial charge on any atom is -0.207 e. The van der Waals surface area contributed by atoms with Crippen molar-refractivity contribution in [3.8, 4) is 0 Å². The molecule has 52 valence electrons. The quantitative estimate of drug-likeness (QED) is 0.562. The Morgan fingerprint density at radius 3 is 2.00 bits per heavy atom. The van der Waals surface area contributed by atoms with Crippen LogP contribution in [0.2, 0.25) is 0 Å². The molecule has 0 unspecified atom stereocenters. The Morgan fingerprint density at radius 2 is 1.60 bits per heavy atom. The molecule has 0 aliphatic rings. The van der Waals surface area contributed by atoms with Crippen LogP contribution in [-0.4, -0.2) is 0 Å². The lowest BCUT2D eigenvalue weighted by atomic mass is 10.2. The molecular formula is C8H6F2. The lowest BCUT2D eigenvalue weighted by Gasteiger charge is -1.92. The van der Waals surface area contributed by atoms with E-state index in [-0.39, 0.29) is 0 Å². The van der Waals surface area contributed by atoms with Gasteiger partial charge in [-0.05, 0) is 17.7 Å². The first-order valence-corrected chi connectivity index (χ1v) is 2.81. The molecule has 0 fully saturated rings. The van der Waals surface area contributed by atoms with Gasteiger partial charge >= 0.3 is 0 Å². The smallest absolute Gasteiger partial charge is 0.126 e. The molecule has 0 radical (unpaired) electrons. The maximum atomic E-state index is 12.3. The van der Waals surface area contributed by atoms with Crippen LogP contribution < -0.4 is 0 Å². The molecule has 0 atom stereocenters. The zero-order valence-corrected chi connectivity index (χ0v) is 5.27. The summed E-state index contributed by atoms with van der Waals surface area (Å²) in [5, 5.41) is 0. The third-order valence-corrected chi connectivity index (χ3v) is 1.12. The van der Waals surface area contributed by atoms with Crippen LogP contribution in [0.25, 0.3) is 6.08 Å². The highest BCUT2D eigenvalue weighted by atomic mass is 19.1. The van der Waals surface area contributed by atoms with E-state index in [0.717, 1.165) is 6.07 Å². The molecule has 10 heavy (non-hydrogen) atoms. The van der Waals surface area contributed by atoms with Gasteiger partial charge in [0, 0.05) is 6.07 Å². The van der Waals surface area contributed by atoms with Crippen molar-refractivity contribution in [2.75, 3.05) is 0 Å². The molecule has 0 saturated heterocycles. The van der Waals surface area contributed by atoms with E-state index in [0.29, 0.717) is 5.56 Å². The van der Waals surface area contributed by atoms with Crippen LogP contribution in [0.5, 0.6) is 0 Å². The minimum atomic E-state index is -0.574. The molecule has 1 aromatic rings. The lowest BCUT2D eigenvalue weighted by Crippen LogP contribution is -1.80. The van der Waals surface area contributed by atoms with Gasteiger partial charge in [-0.2, -0.15) is 0 Å². The summed E-state index contributed by atoms with van der Waals surface area (Å²) < 4.78 is 24.7. The highest BCUT2D eigenvalue weighted by Gasteiger charge is 1.95. The van der Waals surface area contributed by atoms with Gasteiger partial charge in [-0.15, -0.1) is 0 Å². The standard InChI is InChI=1S/C8H6F2/c1-2-6-3-7(9)5-8(10)4-6/h2-5H,1H2.